The highest BCUT2D eigenvalue weighted by Crippen LogP contribution is 2.35. The molecular formula is C24H23NO3S. The molecule has 0 radical (unpaired) electrons. The smallest absolute Gasteiger partial charge is 0.238 e. The van der Waals surface area contributed by atoms with Gasteiger partial charge in [0.15, 0.2) is 11.5 Å². The first-order valence-corrected chi connectivity index (χ1v) is 10.6. The van der Waals surface area contributed by atoms with Gasteiger partial charge in [-0.25, -0.2) is 0 Å². The second-order valence-corrected chi connectivity index (χ2v) is 7.92. The number of nitrogens with one attached hydrogen (secondary N) is 1. The van der Waals surface area contributed by atoms with Gasteiger partial charge in [-0.3, -0.25) is 4.79 Å². The van der Waals surface area contributed by atoms with E-state index in [4.69, 9.17) is 9.47 Å². The van der Waals surface area contributed by atoms with E-state index in [0.717, 1.165) is 33.9 Å². The Morgan fingerprint density at radius 3 is 2.34 bits per heavy atom. The van der Waals surface area contributed by atoms with Gasteiger partial charge in [0.05, 0.1) is 0 Å². The molecule has 0 spiro atoms. The molecule has 148 valence electrons. The van der Waals surface area contributed by atoms with Crippen LogP contribution in [0.3, 0.4) is 0 Å². The summed E-state index contributed by atoms with van der Waals surface area (Å²) in [6.07, 6.45) is 0.736. The van der Waals surface area contributed by atoms with Crippen molar-refractivity contribution in [2.75, 3.05) is 19.8 Å². The maximum atomic E-state index is 13.0. The number of rotatable bonds is 7. The van der Waals surface area contributed by atoms with E-state index in [9.17, 15) is 4.79 Å². The molecule has 0 fully saturated rings. The number of ether oxygens (including phenoxy) is 2. The molecule has 0 saturated heterocycles. The summed E-state index contributed by atoms with van der Waals surface area (Å²) in [5.74, 6) is 1.58. The molecule has 1 amide bonds. The van der Waals surface area contributed by atoms with Crippen LogP contribution in [0.25, 0.3) is 0 Å². The Morgan fingerprint density at radius 1 is 0.897 bits per heavy atom. The Bertz CT molecular complexity index is 947. The first-order valence-electron chi connectivity index (χ1n) is 9.72. The lowest BCUT2D eigenvalue weighted by atomic mass is 10.1. The monoisotopic (exact) mass is 405 g/mol. The van der Waals surface area contributed by atoms with Crippen LogP contribution in [0.1, 0.15) is 16.4 Å². The Kier molecular flexibility index (Phi) is 6.37. The highest BCUT2D eigenvalue weighted by Gasteiger charge is 2.21. The molecule has 29 heavy (non-hydrogen) atoms. The summed E-state index contributed by atoms with van der Waals surface area (Å²) in [7, 11) is 0. The number of hydrogen-bond donors (Lipinski definition) is 1. The van der Waals surface area contributed by atoms with Crippen molar-refractivity contribution < 1.29 is 14.3 Å². The molecular weight excluding hydrogens is 382 g/mol. The van der Waals surface area contributed by atoms with Gasteiger partial charge in [0.1, 0.15) is 18.5 Å². The minimum atomic E-state index is -0.293. The fourth-order valence-electron chi connectivity index (χ4n) is 3.20. The van der Waals surface area contributed by atoms with Crippen molar-refractivity contribution in [3.8, 4) is 11.5 Å². The molecule has 1 aliphatic heterocycles. The third kappa shape index (κ3) is 5.12. The number of carbonyl (C=O) groups excluding carboxylic acids is 1. The van der Waals surface area contributed by atoms with Crippen molar-refractivity contribution in [3.63, 3.8) is 0 Å². The molecule has 5 heteroatoms. The van der Waals surface area contributed by atoms with E-state index in [-0.39, 0.29) is 11.2 Å². The standard InChI is InChI=1S/C24H23NO3S/c26-24(25-14-13-18-11-12-21-22(17-18)28-16-15-27-21)23(19-7-3-1-4-8-19)29-20-9-5-2-6-10-20/h1-12,17,23H,13-16H2,(H,25,26). The number of carbonyl (C=O) groups is 1. The van der Waals surface area contributed by atoms with Gasteiger partial charge in [0.25, 0.3) is 0 Å². The van der Waals surface area contributed by atoms with E-state index in [2.05, 4.69) is 5.32 Å². The Balaban J connectivity index is 1.40. The van der Waals surface area contributed by atoms with Crippen LogP contribution in [-0.2, 0) is 11.2 Å². The summed E-state index contributed by atoms with van der Waals surface area (Å²) in [5, 5.41) is 2.81. The van der Waals surface area contributed by atoms with Crippen LogP contribution in [0.15, 0.2) is 83.8 Å². The fraction of sp³-hybridized carbons (Fsp3) is 0.208. The lowest BCUT2D eigenvalue weighted by molar-refractivity contribution is -0.120. The van der Waals surface area contributed by atoms with Crippen LogP contribution in [0.5, 0.6) is 11.5 Å². The average Bonchev–Trinajstić information content (AvgIpc) is 2.78. The highest BCUT2D eigenvalue weighted by molar-refractivity contribution is 8.00. The molecule has 3 aromatic rings. The number of benzene rings is 3. The van der Waals surface area contributed by atoms with E-state index in [1.807, 2.05) is 78.9 Å². The zero-order chi connectivity index (χ0) is 19.9. The fourth-order valence-corrected chi connectivity index (χ4v) is 4.27. The molecule has 0 aliphatic carbocycles. The van der Waals surface area contributed by atoms with Gasteiger partial charge in [0, 0.05) is 11.4 Å². The van der Waals surface area contributed by atoms with Gasteiger partial charge < -0.3 is 14.8 Å². The number of fused-ring (bicyclic) bond motifs is 1. The molecule has 1 unspecified atom stereocenters. The van der Waals surface area contributed by atoms with Crippen LogP contribution >= 0.6 is 11.8 Å². The van der Waals surface area contributed by atoms with Gasteiger partial charge in [-0.05, 0) is 41.8 Å². The molecule has 0 aromatic heterocycles. The lowest BCUT2D eigenvalue weighted by Crippen LogP contribution is -2.29. The van der Waals surface area contributed by atoms with E-state index in [1.165, 1.54) is 0 Å². The Morgan fingerprint density at radius 2 is 1.59 bits per heavy atom. The van der Waals surface area contributed by atoms with Crippen molar-refractivity contribution in [3.05, 3.63) is 90.0 Å². The topological polar surface area (TPSA) is 47.6 Å². The maximum absolute atomic E-state index is 13.0. The number of hydrogen-bond acceptors (Lipinski definition) is 4. The van der Waals surface area contributed by atoms with Gasteiger partial charge in [-0.1, -0.05) is 54.6 Å². The highest BCUT2D eigenvalue weighted by atomic mass is 32.2. The van der Waals surface area contributed by atoms with Gasteiger partial charge >= 0.3 is 0 Å². The summed E-state index contributed by atoms with van der Waals surface area (Å²) < 4.78 is 11.2. The van der Waals surface area contributed by atoms with Crippen molar-refractivity contribution >= 4 is 17.7 Å². The molecule has 1 atom stereocenters. The Labute approximate surface area is 175 Å². The second kappa shape index (κ2) is 9.52. The van der Waals surface area contributed by atoms with E-state index in [1.54, 1.807) is 11.8 Å². The molecule has 1 heterocycles. The normalized spacial score (nSPS) is 13.5. The largest absolute Gasteiger partial charge is 0.486 e. The first kappa shape index (κ1) is 19.4. The van der Waals surface area contributed by atoms with Crippen molar-refractivity contribution in [2.24, 2.45) is 0 Å². The predicted molar refractivity (Wildman–Crippen MR) is 116 cm³/mol. The van der Waals surface area contributed by atoms with Crippen LogP contribution < -0.4 is 14.8 Å². The Hall–Kier alpha value is -2.92. The SMILES string of the molecule is O=C(NCCc1ccc2c(c1)OCCO2)C(Sc1ccccc1)c1ccccc1. The van der Waals surface area contributed by atoms with Crippen LogP contribution in [0.2, 0.25) is 0 Å². The van der Waals surface area contributed by atoms with Crippen LogP contribution in [-0.4, -0.2) is 25.7 Å². The van der Waals surface area contributed by atoms with Crippen molar-refractivity contribution in [1.82, 2.24) is 5.32 Å². The van der Waals surface area contributed by atoms with Gasteiger partial charge in [-0.15, -0.1) is 11.8 Å². The predicted octanol–water partition coefficient (Wildman–Crippen LogP) is 4.65. The van der Waals surface area contributed by atoms with E-state index >= 15 is 0 Å². The summed E-state index contributed by atoms with van der Waals surface area (Å²) in [6, 6.07) is 25.9. The average molecular weight is 406 g/mol. The van der Waals surface area contributed by atoms with Gasteiger partial charge in [0.2, 0.25) is 5.91 Å². The minimum absolute atomic E-state index is 0.0163. The van der Waals surface area contributed by atoms with Gasteiger partial charge in [-0.2, -0.15) is 0 Å². The summed E-state index contributed by atoms with van der Waals surface area (Å²) >= 11 is 1.57. The molecule has 0 saturated carbocycles. The van der Waals surface area contributed by atoms with Crippen molar-refractivity contribution in [1.29, 1.82) is 0 Å². The molecule has 0 bridgehead atoms. The summed E-state index contributed by atoms with van der Waals surface area (Å²) in [4.78, 5) is 14.1. The minimum Gasteiger partial charge on any atom is -0.486 e. The van der Waals surface area contributed by atoms with Crippen LogP contribution in [0.4, 0.5) is 0 Å². The van der Waals surface area contributed by atoms with Crippen LogP contribution in [0, 0.1) is 0 Å². The van der Waals surface area contributed by atoms with E-state index in [0.29, 0.717) is 19.8 Å². The summed E-state index contributed by atoms with van der Waals surface area (Å²) in [6.45, 7) is 1.72. The zero-order valence-corrected chi connectivity index (χ0v) is 16.9. The second-order valence-electron chi connectivity index (χ2n) is 6.74. The van der Waals surface area contributed by atoms with Crippen molar-refractivity contribution in [2.45, 2.75) is 16.6 Å². The zero-order valence-electron chi connectivity index (χ0n) is 16.0. The molecule has 4 rings (SSSR count). The molecule has 4 nitrogen and oxygen atoms in total. The first-order chi connectivity index (χ1) is 14.3. The lowest BCUT2D eigenvalue weighted by Gasteiger charge is -2.19. The van der Waals surface area contributed by atoms with E-state index < -0.39 is 0 Å². The number of amides is 1. The third-order valence-corrected chi connectivity index (χ3v) is 5.92. The molecule has 1 aliphatic rings. The summed E-state index contributed by atoms with van der Waals surface area (Å²) in [5.41, 5.74) is 2.11. The number of thioether (sulfide) groups is 1. The molecule has 3 aromatic carbocycles. The maximum Gasteiger partial charge on any atom is 0.238 e. The quantitative estimate of drug-likeness (QED) is 0.581. The third-order valence-electron chi connectivity index (χ3n) is 4.66. The molecule has 1 N–H and O–H groups in total.